The molecule has 1 aliphatic heterocycles. The number of carbonyl (C=O) groups is 1. The van der Waals surface area contributed by atoms with Crippen LogP contribution in [-0.4, -0.2) is 25.9 Å². The number of halogens is 2. The Morgan fingerprint density at radius 2 is 2.12 bits per heavy atom. The fraction of sp³-hybridized carbons (Fsp3) is 0.286. The van der Waals surface area contributed by atoms with E-state index in [1.807, 2.05) is 0 Å². The largest absolute Gasteiger partial charge is 0.351 e. The fourth-order valence-corrected chi connectivity index (χ4v) is 4.65. The van der Waals surface area contributed by atoms with Crippen LogP contribution in [0.1, 0.15) is 27.3 Å². The molecule has 2 aromatic rings. The number of thiazole rings is 1. The van der Waals surface area contributed by atoms with Gasteiger partial charge in [-0.05, 0) is 31.0 Å². The first kappa shape index (κ1) is 16.8. The van der Waals surface area contributed by atoms with Crippen LogP contribution in [0.4, 0.5) is 13.9 Å². The number of nitrogens with zero attached hydrogens (tertiary/aromatic N) is 1. The average molecular weight is 373 g/mol. The highest BCUT2D eigenvalue weighted by molar-refractivity contribution is 7.92. The number of aryl methyl sites for hydroxylation is 1. The van der Waals surface area contributed by atoms with Crippen LogP contribution in [0, 0.1) is 11.6 Å². The first-order chi connectivity index (χ1) is 11.3. The molecule has 0 saturated carbocycles. The highest BCUT2D eigenvalue weighted by atomic mass is 32.2. The van der Waals surface area contributed by atoms with Gasteiger partial charge >= 0.3 is 0 Å². The number of hydrogen-bond acceptors (Lipinski definition) is 5. The molecular weight excluding hydrogens is 360 g/mol. The lowest BCUT2D eigenvalue weighted by molar-refractivity contribution is 0.0960. The summed E-state index contributed by atoms with van der Waals surface area (Å²) in [7, 11) is -3.99. The molecule has 24 heavy (non-hydrogen) atoms. The minimum absolute atomic E-state index is 0.0360. The second kappa shape index (κ2) is 6.44. The number of benzene rings is 1. The summed E-state index contributed by atoms with van der Waals surface area (Å²) >= 11 is 0.920. The first-order valence-corrected chi connectivity index (χ1v) is 9.53. The number of fused-ring (bicyclic) bond motifs is 1. The number of rotatable bonds is 4. The molecule has 0 fully saturated rings. The normalized spacial score (nSPS) is 14.7. The van der Waals surface area contributed by atoms with Crippen molar-refractivity contribution in [3.05, 3.63) is 46.0 Å². The van der Waals surface area contributed by atoms with Gasteiger partial charge in [0.1, 0.15) is 16.5 Å². The standard InChI is InChI=1S/C14H13F2N3O3S2/c15-9-3-4-10(16)8(6-9)7-24(21,22)19-14-18-11-2-1-5-17-13(20)12(11)23-14/h3-4,6H,1-2,5,7H2,(H,17,20)(H,18,19). The molecule has 10 heteroatoms. The SMILES string of the molecule is O=C1NCCCc2nc(NS(=O)(=O)Cc3cc(F)ccc3F)sc21. The number of nitrogens with one attached hydrogen (secondary N) is 2. The van der Waals surface area contributed by atoms with E-state index in [4.69, 9.17) is 0 Å². The summed E-state index contributed by atoms with van der Waals surface area (Å²) in [6, 6.07) is 2.62. The Morgan fingerprint density at radius 1 is 1.33 bits per heavy atom. The van der Waals surface area contributed by atoms with Gasteiger partial charge in [0, 0.05) is 12.1 Å². The van der Waals surface area contributed by atoms with Gasteiger partial charge in [-0.15, -0.1) is 0 Å². The summed E-state index contributed by atoms with van der Waals surface area (Å²) in [5.74, 6) is -2.55. The molecule has 6 nitrogen and oxygen atoms in total. The highest BCUT2D eigenvalue weighted by Crippen LogP contribution is 2.27. The second-order valence-corrected chi connectivity index (χ2v) is 7.97. The Bertz CT molecular complexity index is 897. The third kappa shape index (κ3) is 3.70. The number of aromatic nitrogens is 1. The lowest BCUT2D eigenvalue weighted by Gasteiger charge is -2.06. The molecule has 0 saturated heterocycles. The minimum Gasteiger partial charge on any atom is -0.351 e. The van der Waals surface area contributed by atoms with E-state index >= 15 is 0 Å². The van der Waals surface area contributed by atoms with Crippen molar-refractivity contribution in [1.82, 2.24) is 10.3 Å². The van der Waals surface area contributed by atoms with Gasteiger partial charge in [-0.25, -0.2) is 22.2 Å². The Hall–Kier alpha value is -2.07. The lowest BCUT2D eigenvalue weighted by Crippen LogP contribution is -2.21. The van der Waals surface area contributed by atoms with Crippen LogP contribution in [0.5, 0.6) is 0 Å². The number of hydrogen-bond donors (Lipinski definition) is 2. The van der Waals surface area contributed by atoms with Crippen LogP contribution < -0.4 is 10.0 Å². The Labute approximate surface area is 141 Å². The van der Waals surface area contributed by atoms with Crippen molar-refractivity contribution in [2.24, 2.45) is 0 Å². The molecular formula is C14H13F2N3O3S2. The van der Waals surface area contributed by atoms with Crippen LogP contribution in [0.25, 0.3) is 0 Å². The molecule has 0 radical (unpaired) electrons. The smallest absolute Gasteiger partial charge is 0.263 e. The molecule has 2 N–H and O–H groups in total. The maximum absolute atomic E-state index is 13.6. The Kier molecular flexibility index (Phi) is 4.50. The van der Waals surface area contributed by atoms with Gasteiger partial charge in [0.05, 0.1) is 11.4 Å². The summed E-state index contributed by atoms with van der Waals surface area (Å²) in [6.45, 7) is 0.543. The van der Waals surface area contributed by atoms with Crippen molar-refractivity contribution >= 4 is 32.4 Å². The molecule has 0 atom stereocenters. The predicted molar refractivity (Wildman–Crippen MR) is 85.4 cm³/mol. The van der Waals surface area contributed by atoms with Gasteiger partial charge in [-0.3, -0.25) is 9.52 Å². The van der Waals surface area contributed by atoms with Crippen molar-refractivity contribution in [2.75, 3.05) is 11.3 Å². The van der Waals surface area contributed by atoms with Crippen molar-refractivity contribution < 1.29 is 22.0 Å². The maximum atomic E-state index is 13.6. The third-order valence-corrected chi connectivity index (χ3v) is 5.71. The van der Waals surface area contributed by atoms with Gasteiger partial charge in [0.25, 0.3) is 5.91 Å². The van der Waals surface area contributed by atoms with Gasteiger partial charge in [0.2, 0.25) is 10.0 Å². The molecule has 3 rings (SSSR count). The topological polar surface area (TPSA) is 88.2 Å². The van der Waals surface area contributed by atoms with E-state index in [1.165, 1.54) is 0 Å². The summed E-state index contributed by atoms with van der Waals surface area (Å²) < 4.78 is 53.3. The predicted octanol–water partition coefficient (Wildman–Crippen LogP) is 2.04. The molecule has 1 aliphatic rings. The summed E-state index contributed by atoms with van der Waals surface area (Å²) in [5, 5.41) is 2.73. The monoisotopic (exact) mass is 373 g/mol. The van der Waals surface area contributed by atoms with E-state index in [9.17, 15) is 22.0 Å². The molecule has 0 aliphatic carbocycles. The van der Waals surface area contributed by atoms with Crippen LogP contribution in [0.3, 0.4) is 0 Å². The van der Waals surface area contributed by atoms with E-state index in [2.05, 4.69) is 15.0 Å². The van der Waals surface area contributed by atoms with Crippen LogP contribution >= 0.6 is 11.3 Å². The van der Waals surface area contributed by atoms with E-state index in [0.717, 1.165) is 29.5 Å². The zero-order valence-corrected chi connectivity index (χ0v) is 13.9. The number of anilines is 1. The zero-order chi connectivity index (χ0) is 17.3. The van der Waals surface area contributed by atoms with E-state index < -0.39 is 27.4 Å². The molecule has 1 amide bonds. The molecule has 0 unspecified atom stereocenters. The lowest BCUT2D eigenvalue weighted by atomic mass is 10.2. The van der Waals surface area contributed by atoms with Gasteiger partial charge < -0.3 is 5.32 Å². The number of carbonyl (C=O) groups excluding carboxylic acids is 1. The van der Waals surface area contributed by atoms with Crippen molar-refractivity contribution in [2.45, 2.75) is 18.6 Å². The van der Waals surface area contributed by atoms with Crippen LogP contribution in [-0.2, 0) is 22.2 Å². The third-order valence-electron chi connectivity index (χ3n) is 3.38. The first-order valence-electron chi connectivity index (χ1n) is 7.06. The van der Waals surface area contributed by atoms with Gasteiger partial charge in [-0.2, -0.15) is 0 Å². The number of sulfonamides is 1. The average Bonchev–Trinajstić information content (AvgIpc) is 2.81. The minimum atomic E-state index is -3.99. The fourth-order valence-electron chi connectivity index (χ4n) is 2.31. The molecule has 0 bridgehead atoms. The van der Waals surface area contributed by atoms with E-state index in [-0.39, 0.29) is 16.6 Å². The molecule has 0 spiro atoms. The molecule has 1 aromatic carbocycles. The Morgan fingerprint density at radius 3 is 2.92 bits per heavy atom. The molecule has 1 aromatic heterocycles. The van der Waals surface area contributed by atoms with Crippen molar-refractivity contribution in [1.29, 1.82) is 0 Å². The van der Waals surface area contributed by atoms with Crippen LogP contribution in [0.2, 0.25) is 0 Å². The quantitative estimate of drug-likeness (QED) is 0.858. The van der Waals surface area contributed by atoms with E-state index in [1.54, 1.807) is 0 Å². The summed E-state index contributed by atoms with van der Waals surface area (Å²) in [4.78, 5) is 16.3. The van der Waals surface area contributed by atoms with Crippen molar-refractivity contribution in [3.63, 3.8) is 0 Å². The zero-order valence-electron chi connectivity index (χ0n) is 12.3. The van der Waals surface area contributed by atoms with E-state index in [0.29, 0.717) is 30.0 Å². The van der Waals surface area contributed by atoms with Crippen LogP contribution in [0.15, 0.2) is 18.2 Å². The van der Waals surface area contributed by atoms with Gasteiger partial charge in [0.15, 0.2) is 5.13 Å². The second-order valence-electron chi connectivity index (χ2n) is 5.25. The van der Waals surface area contributed by atoms with Crippen molar-refractivity contribution in [3.8, 4) is 0 Å². The summed E-state index contributed by atoms with van der Waals surface area (Å²) in [6.07, 6.45) is 1.27. The number of amides is 1. The van der Waals surface area contributed by atoms with Gasteiger partial charge in [-0.1, -0.05) is 11.3 Å². The molecule has 128 valence electrons. The summed E-state index contributed by atoms with van der Waals surface area (Å²) in [5.41, 5.74) is 0.253. The maximum Gasteiger partial charge on any atom is 0.263 e. The highest BCUT2D eigenvalue weighted by Gasteiger charge is 2.23. The Balaban J connectivity index is 1.81. The molecule has 2 heterocycles.